The lowest BCUT2D eigenvalue weighted by Gasteiger charge is -2.24. The molecule has 0 saturated heterocycles. The predicted molar refractivity (Wildman–Crippen MR) is 81.3 cm³/mol. The van der Waals surface area contributed by atoms with E-state index in [0.29, 0.717) is 18.2 Å². The molecule has 2 rings (SSSR count). The van der Waals surface area contributed by atoms with Crippen molar-refractivity contribution >= 4 is 5.96 Å². The molecule has 1 fully saturated rings. The molecule has 0 amide bonds. The number of nitrogens with one attached hydrogen (secondary N) is 2. The fraction of sp³-hybridized carbons (Fsp3) is 0.562. The van der Waals surface area contributed by atoms with Gasteiger partial charge in [0, 0.05) is 19.6 Å². The molecule has 0 radical (unpaired) electrons. The largest absolute Gasteiger partial charge is 0.354 e. The standard InChI is InChI=1S/C16H24FN3/c1-12-8-9-13(10-15(12)17)11-19-16(18-2)20-14-6-4-3-5-7-14/h8-10,14H,3-7,11H2,1-2H3,(H2,18,19,20). The number of guanidine groups is 1. The topological polar surface area (TPSA) is 36.4 Å². The lowest BCUT2D eigenvalue weighted by molar-refractivity contribution is 0.410. The number of rotatable bonds is 3. The summed E-state index contributed by atoms with van der Waals surface area (Å²) in [7, 11) is 1.77. The summed E-state index contributed by atoms with van der Waals surface area (Å²) in [5.74, 6) is 0.650. The molecular formula is C16H24FN3. The van der Waals surface area contributed by atoms with Crippen LogP contribution in [0.2, 0.25) is 0 Å². The maximum absolute atomic E-state index is 13.5. The van der Waals surface area contributed by atoms with Crippen LogP contribution in [0, 0.1) is 12.7 Å². The van der Waals surface area contributed by atoms with Crippen LogP contribution in [0.5, 0.6) is 0 Å². The van der Waals surface area contributed by atoms with Gasteiger partial charge in [-0.25, -0.2) is 4.39 Å². The minimum Gasteiger partial charge on any atom is -0.354 e. The first-order valence-corrected chi connectivity index (χ1v) is 7.41. The molecule has 2 N–H and O–H groups in total. The van der Waals surface area contributed by atoms with E-state index in [9.17, 15) is 4.39 Å². The Labute approximate surface area is 120 Å². The first-order valence-electron chi connectivity index (χ1n) is 7.41. The fourth-order valence-electron chi connectivity index (χ4n) is 2.57. The molecule has 0 spiro atoms. The number of nitrogens with zero attached hydrogens (tertiary/aromatic N) is 1. The Morgan fingerprint density at radius 3 is 2.70 bits per heavy atom. The van der Waals surface area contributed by atoms with Crippen molar-refractivity contribution in [2.24, 2.45) is 4.99 Å². The zero-order valence-electron chi connectivity index (χ0n) is 12.4. The van der Waals surface area contributed by atoms with Crippen LogP contribution in [-0.4, -0.2) is 19.0 Å². The van der Waals surface area contributed by atoms with Crippen LogP contribution < -0.4 is 10.6 Å². The fourth-order valence-corrected chi connectivity index (χ4v) is 2.57. The number of hydrogen-bond donors (Lipinski definition) is 2. The van der Waals surface area contributed by atoms with Crippen molar-refractivity contribution in [2.75, 3.05) is 7.05 Å². The van der Waals surface area contributed by atoms with Crippen LogP contribution in [0.3, 0.4) is 0 Å². The van der Waals surface area contributed by atoms with Gasteiger partial charge in [0.1, 0.15) is 5.82 Å². The van der Waals surface area contributed by atoms with Gasteiger partial charge in [-0.05, 0) is 37.0 Å². The Morgan fingerprint density at radius 1 is 1.30 bits per heavy atom. The lowest BCUT2D eigenvalue weighted by Crippen LogP contribution is -2.43. The summed E-state index contributed by atoms with van der Waals surface area (Å²) >= 11 is 0. The van der Waals surface area contributed by atoms with Gasteiger partial charge in [0.2, 0.25) is 0 Å². The van der Waals surface area contributed by atoms with E-state index in [0.717, 1.165) is 11.5 Å². The Morgan fingerprint density at radius 2 is 2.05 bits per heavy atom. The molecule has 1 aliphatic carbocycles. The number of halogens is 1. The highest BCUT2D eigenvalue weighted by Crippen LogP contribution is 2.17. The number of benzene rings is 1. The average Bonchev–Trinajstić information content (AvgIpc) is 2.48. The zero-order valence-corrected chi connectivity index (χ0v) is 12.4. The molecule has 1 aromatic carbocycles. The first kappa shape index (κ1) is 14.8. The maximum atomic E-state index is 13.5. The molecule has 0 unspecified atom stereocenters. The third-order valence-electron chi connectivity index (χ3n) is 3.87. The summed E-state index contributed by atoms with van der Waals surface area (Å²) in [6.07, 6.45) is 6.34. The highest BCUT2D eigenvalue weighted by Gasteiger charge is 2.14. The molecule has 4 heteroatoms. The Kier molecular flexibility index (Phi) is 5.39. The van der Waals surface area contributed by atoms with Gasteiger partial charge in [-0.2, -0.15) is 0 Å². The quantitative estimate of drug-likeness (QED) is 0.658. The zero-order chi connectivity index (χ0) is 14.4. The summed E-state index contributed by atoms with van der Waals surface area (Å²) in [4.78, 5) is 4.24. The monoisotopic (exact) mass is 277 g/mol. The van der Waals surface area contributed by atoms with Crippen LogP contribution in [0.15, 0.2) is 23.2 Å². The first-order chi connectivity index (χ1) is 9.69. The van der Waals surface area contributed by atoms with E-state index in [1.165, 1.54) is 32.1 Å². The minimum atomic E-state index is -0.153. The van der Waals surface area contributed by atoms with Crippen molar-refractivity contribution in [3.8, 4) is 0 Å². The highest BCUT2D eigenvalue weighted by atomic mass is 19.1. The third-order valence-corrected chi connectivity index (χ3v) is 3.87. The molecule has 0 heterocycles. The third kappa shape index (κ3) is 4.22. The molecule has 20 heavy (non-hydrogen) atoms. The molecule has 0 atom stereocenters. The Bertz CT molecular complexity index is 465. The van der Waals surface area contributed by atoms with E-state index >= 15 is 0 Å². The van der Waals surface area contributed by atoms with Crippen LogP contribution in [0.1, 0.15) is 43.2 Å². The smallest absolute Gasteiger partial charge is 0.191 e. The van der Waals surface area contributed by atoms with Crippen LogP contribution in [0.4, 0.5) is 4.39 Å². The van der Waals surface area contributed by atoms with E-state index in [4.69, 9.17) is 0 Å². The van der Waals surface area contributed by atoms with Crippen molar-refractivity contribution in [1.29, 1.82) is 0 Å². The van der Waals surface area contributed by atoms with Crippen molar-refractivity contribution in [2.45, 2.75) is 51.6 Å². The number of aliphatic imine (C=N–C) groups is 1. The second kappa shape index (κ2) is 7.27. The van der Waals surface area contributed by atoms with E-state index in [1.807, 2.05) is 12.1 Å². The summed E-state index contributed by atoms with van der Waals surface area (Å²) in [6, 6.07) is 5.85. The van der Waals surface area contributed by atoms with Gasteiger partial charge in [-0.15, -0.1) is 0 Å². The molecule has 1 saturated carbocycles. The van der Waals surface area contributed by atoms with Crippen LogP contribution in [0.25, 0.3) is 0 Å². The van der Waals surface area contributed by atoms with E-state index in [-0.39, 0.29) is 5.82 Å². The summed E-state index contributed by atoms with van der Waals surface area (Å²) in [5.41, 5.74) is 1.61. The van der Waals surface area contributed by atoms with Gasteiger partial charge in [0.05, 0.1) is 0 Å². The summed E-state index contributed by atoms with van der Waals surface area (Å²) < 4.78 is 13.5. The molecule has 3 nitrogen and oxygen atoms in total. The molecule has 110 valence electrons. The van der Waals surface area contributed by atoms with E-state index < -0.39 is 0 Å². The van der Waals surface area contributed by atoms with Crippen molar-refractivity contribution in [3.05, 3.63) is 35.1 Å². The van der Waals surface area contributed by atoms with E-state index in [1.54, 1.807) is 20.0 Å². The highest BCUT2D eigenvalue weighted by molar-refractivity contribution is 5.79. The van der Waals surface area contributed by atoms with Gasteiger partial charge < -0.3 is 10.6 Å². The second-order valence-corrected chi connectivity index (χ2v) is 5.49. The maximum Gasteiger partial charge on any atom is 0.191 e. The van der Waals surface area contributed by atoms with Gasteiger partial charge in [0.25, 0.3) is 0 Å². The molecule has 0 aliphatic heterocycles. The van der Waals surface area contributed by atoms with Gasteiger partial charge >= 0.3 is 0 Å². The van der Waals surface area contributed by atoms with Crippen LogP contribution in [-0.2, 0) is 6.54 Å². The van der Waals surface area contributed by atoms with E-state index in [2.05, 4.69) is 15.6 Å². The number of hydrogen-bond acceptors (Lipinski definition) is 1. The SMILES string of the molecule is CN=C(NCc1ccc(C)c(F)c1)NC1CCCCC1. The normalized spacial score (nSPS) is 17.1. The van der Waals surface area contributed by atoms with Crippen LogP contribution >= 0.6 is 0 Å². The molecule has 0 bridgehead atoms. The summed E-state index contributed by atoms with van der Waals surface area (Å²) in [5, 5.41) is 6.70. The van der Waals surface area contributed by atoms with Crippen molar-refractivity contribution < 1.29 is 4.39 Å². The number of aryl methyl sites for hydroxylation is 1. The van der Waals surface area contributed by atoms with Crippen molar-refractivity contribution in [3.63, 3.8) is 0 Å². The van der Waals surface area contributed by atoms with Gasteiger partial charge in [0.15, 0.2) is 5.96 Å². The van der Waals surface area contributed by atoms with Gasteiger partial charge in [-0.1, -0.05) is 31.4 Å². The molecule has 1 aromatic rings. The lowest BCUT2D eigenvalue weighted by atomic mass is 9.96. The van der Waals surface area contributed by atoms with Crippen molar-refractivity contribution in [1.82, 2.24) is 10.6 Å². The van der Waals surface area contributed by atoms with Gasteiger partial charge in [-0.3, -0.25) is 4.99 Å². The molecule has 0 aromatic heterocycles. The summed E-state index contributed by atoms with van der Waals surface area (Å²) in [6.45, 7) is 2.36. The average molecular weight is 277 g/mol. The predicted octanol–water partition coefficient (Wildman–Crippen LogP) is 3.13. The molecule has 1 aliphatic rings. The Hall–Kier alpha value is -1.58. The Balaban J connectivity index is 1.85. The second-order valence-electron chi connectivity index (χ2n) is 5.49. The molecular weight excluding hydrogens is 253 g/mol. The minimum absolute atomic E-state index is 0.153.